The summed E-state index contributed by atoms with van der Waals surface area (Å²) in [6.45, 7) is 5.21. The van der Waals surface area contributed by atoms with Gasteiger partial charge in [0.05, 0.1) is 30.9 Å². The third-order valence-corrected chi connectivity index (χ3v) is 5.20. The van der Waals surface area contributed by atoms with Crippen LogP contribution < -0.4 is 0 Å². The molecule has 1 amide bonds. The number of rotatable bonds is 4. The van der Waals surface area contributed by atoms with E-state index >= 15 is 0 Å². The molecule has 23 heavy (non-hydrogen) atoms. The van der Waals surface area contributed by atoms with Crippen LogP contribution in [0.1, 0.15) is 22.2 Å². The Balaban J connectivity index is 1.97. The van der Waals surface area contributed by atoms with Gasteiger partial charge in [0.2, 0.25) is 0 Å². The van der Waals surface area contributed by atoms with E-state index in [-0.39, 0.29) is 11.9 Å². The van der Waals surface area contributed by atoms with E-state index in [0.717, 1.165) is 16.0 Å². The summed E-state index contributed by atoms with van der Waals surface area (Å²) in [5.41, 5.74) is 2.75. The quantitative estimate of drug-likeness (QED) is 0.937. The predicted molar refractivity (Wildman–Crippen MR) is 91.8 cm³/mol. The monoisotopic (exact) mass is 331 g/mol. The summed E-state index contributed by atoms with van der Waals surface area (Å²) in [6, 6.07) is 9.71. The average Bonchev–Trinajstić information content (AvgIpc) is 3.15. The highest BCUT2D eigenvalue weighted by molar-refractivity contribution is 7.10. The molecule has 2 heterocycles. The first-order chi connectivity index (χ1) is 11.1. The minimum absolute atomic E-state index is 0.0368. The zero-order valence-corrected chi connectivity index (χ0v) is 14.2. The third-order valence-electron chi connectivity index (χ3n) is 4.29. The summed E-state index contributed by atoms with van der Waals surface area (Å²) in [4.78, 5) is 15.9. The van der Waals surface area contributed by atoms with Crippen LogP contribution in [0.3, 0.4) is 0 Å². The molecule has 1 aromatic heterocycles. The molecule has 0 bridgehead atoms. The Bertz CT molecular complexity index is 683. The third kappa shape index (κ3) is 3.04. The van der Waals surface area contributed by atoms with Crippen molar-refractivity contribution in [3.05, 3.63) is 46.2 Å². The normalized spacial score (nSPS) is 20.7. The summed E-state index contributed by atoms with van der Waals surface area (Å²) in [6.07, 6.45) is -0.612. The first-order valence-corrected chi connectivity index (χ1v) is 8.71. The molecular weight excluding hydrogens is 310 g/mol. The van der Waals surface area contributed by atoms with Gasteiger partial charge in [-0.15, -0.1) is 11.3 Å². The first-order valence-electron chi connectivity index (χ1n) is 7.83. The van der Waals surface area contributed by atoms with Gasteiger partial charge >= 0.3 is 0 Å². The van der Waals surface area contributed by atoms with Crippen LogP contribution in [0.2, 0.25) is 0 Å². The summed E-state index contributed by atoms with van der Waals surface area (Å²) >= 11 is 1.58. The summed E-state index contributed by atoms with van der Waals surface area (Å²) in [5.74, 6) is -0.0368. The molecule has 122 valence electrons. The summed E-state index contributed by atoms with van der Waals surface area (Å²) in [7, 11) is 0. The van der Waals surface area contributed by atoms with Crippen LogP contribution in [0, 0.1) is 6.92 Å². The smallest absolute Gasteiger partial charge is 0.255 e. The van der Waals surface area contributed by atoms with E-state index in [1.165, 1.54) is 0 Å². The van der Waals surface area contributed by atoms with Gasteiger partial charge < -0.3 is 14.7 Å². The van der Waals surface area contributed by atoms with Crippen molar-refractivity contribution in [3.8, 4) is 11.1 Å². The van der Waals surface area contributed by atoms with Crippen LogP contribution >= 0.6 is 11.3 Å². The number of aliphatic hydroxyl groups excluding tert-OH is 1. The number of aliphatic hydroxyl groups is 1. The van der Waals surface area contributed by atoms with Crippen molar-refractivity contribution in [1.82, 2.24) is 4.90 Å². The number of likely N-dealkylation sites (N-methyl/N-ethyl adjacent to an activating group) is 1. The van der Waals surface area contributed by atoms with Gasteiger partial charge in [-0.25, -0.2) is 0 Å². The van der Waals surface area contributed by atoms with Crippen molar-refractivity contribution in [2.75, 3.05) is 19.8 Å². The Morgan fingerprint density at radius 1 is 1.35 bits per heavy atom. The number of aryl methyl sites for hydroxylation is 1. The maximum absolute atomic E-state index is 13.1. The Kier molecular flexibility index (Phi) is 4.80. The molecule has 0 spiro atoms. The fourth-order valence-electron chi connectivity index (χ4n) is 3.09. The molecular formula is C18H21NO3S. The second kappa shape index (κ2) is 6.83. The molecule has 4 nitrogen and oxygen atoms in total. The minimum Gasteiger partial charge on any atom is -0.388 e. The van der Waals surface area contributed by atoms with Gasteiger partial charge in [-0.1, -0.05) is 30.3 Å². The topological polar surface area (TPSA) is 49.8 Å². The van der Waals surface area contributed by atoms with Crippen molar-refractivity contribution in [1.29, 1.82) is 0 Å². The molecule has 1 aliphatic heterocycles. The molecule has 0 aliphatic carbocycles. The molecule has 1 N–H and O–H groups in total. The van der Waals surface area contributed by atoms with Crippen LogP contribution in [0.5, 0.6) is 0 Å². The molecule has 0 radical (unpaired) electrons. The zero-order chi connectivity index (χ0) is 16.4. The molecule has 1 aromatic carbocycles. The highest BCUT2D eigenvalue weighted by atomic mass is 32.1. The predicted octanol–water partition coefficient (Wildman–Crippen LogP) is 2.95. The molecule has 2 atom stereocenters. The van der Waals surface area contributed by atoms with Gasteiger partial charge in [0.15, 0.2) is 0 Å². The number of nitrogens with zero attached hydrogens (tertiary/aromatic N) is 1. The van der Waals surface area contributed by atoms with E-state index in [1.54, 1.807) is 16.2 Å². The SMILES string of the molecule is CCN(C(=O)c1csc(C)c1-c1ccccc1)[C@H]1COC[C@@H]1O. The summed E-state index contributed by atoms with van der Waals surface area (Å²) in [5, 5.41) is 12.0. The van der Waals surface area contributed by atoms with E-state index in [0.29, 0.717) is 25.3 Å². The molecule has 3 rings (SSSR count). The molecule has 1 saturated heterocycles. The Hall–Kier alpha value is -1.69. The van der Waals surface area contributed by atoms with Gasteiger partial charge in [0.1, 0.15) is 0 Å². The lowest BCUT2D eigenvalue weighted by Crippen LogP contribution is -2.46. The zero-order valence-electron chi connectivity index (χ0n) is 13.4. The molecule has 2 aromatic rings. The largest absolute Gasteiger partial charge is 0.388 e. The fraction of sp³-hybridized carbons (Fsp3) is 0.389. The van der Waals surface area contributed by atoms with Crippen LogP contribution in [0.15, 0.2) is 35.7 Å². The highest BCUT2D eigenvalue weighted by Crippen LogP contribution is 2.33. The van der Waals surface area contributed by atoms with Crippen LogP contribution in [0.4, 0.5) is 0 Å². The van der Waals surface area contributed by atoms with Crippen molar-refractivity contribution in [2.45, 2.75) is 26.0 Å². The molecule has 0 saturated carbocycles. The molecule has 1 fully saturated rings. The number of hydrogen-bond acceptors (Lipinski definition) is 4. The number of benzene rings is 1. The van der Waals surface area contributed by atoms with Crippen LogP contribution in [-0.2, 0) is 4.74 Å². The van der Waals surface area contributed by atoms with E-state index in [2.05, 4.69) is 0 Å². The average molecular weight is 331 g/mol. The standard InChI is InChI=1S/C18H21NO3S/c1-3-19(15-9-22-10-16(15)20)18(21)14-11-23-12(2)17(14)13-7-5-4-6-8-13/h4-8,11,15-16,20H,3,9-10H2,1-2H3/t15-,16-/m0/s1. The Morgan fingerprint density at radius 2 is 2.09 bits per heavy atom. The van der Waals surface area contributed by atoms with Crippen LogP contribution in [0.25, 0.3) is 11.1 Å². The minimum atomic E-state index is -0.612. The van der Waals surface area contributed by atoms with Gasteiger partial charge in [0, 0.05) is 22.4 Å². The van der Waals surface area contributed by atoms with E-state index < -0.39 is 6.10 Å². The lowest BCUT2D eigenvalue weighted by molar-refractivity contribution is 0.0522. The second-order valence-corrected chi connectivity index (χ2v) is 6.79. The van der Waals surface area contributed by atoms with Crippen molar-refractivity contribution < 1.29 is 14.6 Å². The van der Waals surface area contributed by atoms with Crippen molar-refractivity contribution >= 4 is 17.2 Å². The van der Waals surface area contributed by atoms with Crippen molar-refractivity contribution in [2.24, 2.45) is 0 Å². The van der Waals surface area contributed by atoms with E-state index in [4.69, 9.17) is 4.74 Å². The number of carbonyl (C=O) groups excluding carboxylic acids is 1. The van der Waals surface area contributed by atoms with E-state index in [9.17, 15) is 9.90 Å². The fourth-order valence-corrected chi connectivity index (χ4v) is 3.95. The van der Waals surface area contributed by atoms with E-state index in [1.807, 2.05) is 49.6 Å². The van der Waals surface area contributed by atoms with Crippen LogP contribution in [-0.4, -0.2) is 47.8 Å². The second-order valence-electron chi connectivity index (χ2n) is 5.71. The maximum atomic E-state index is 13.1. The lowest BCUT2D eigenvalue weighted by Gasteiger charge is -2.29. The first kappa shape index (κ1) is 16.2. The molecule has 5 heteroatoms. The summed E-state index contributed by atoms with van der Waals surface area (Å²) < 4.78 is 5.32. The molecule has 0 unspecified atom stereocenters. The number of thiophene rings is 1. The lowest BCUT2D eigenvalue weighted by atomic mass is 10.0. The number of ether oxygens (including phenoxy) is 1. The van der Waals surface area contributed by atoms with Gasteiger partial charge in [-0.2, -0.15) is 0 Å². The Morgan fingerprint density at radius 3 is 2.70 bits per heavy atom. The number of amides is 1. The number of carbonyl (C=O) groups is 1. The highest BCUT2D eigenvalue weighted by Gasteiger charge is 2.35. The van der Waals surface area contributed by atoms with Crippen molar-refractivity contribution in [3.63, 3.8) is 0 Å². The van der Waals surface area contributed by atoms with Gasteiger partial charge in [-0.3, -0.25) is 4.79 Å². The molecule has 1 aliphatic rings. The van der Waals surface area contributed by atoms with Gasteiger partial charge in [0.25, 0.3) is 5.91 Å². The van der Waals surface area contributed by atoms with Gasteiger partial charge in [-0.05, 0) is 19.4 Å². The number of hydrogen-bond donors (Lipinski definition) is 1. The maximum Gasteiger partial charge on any atom is 0.255 e. The Labute approximate surface area is 140 Å².